The summed E-state index contributed by atoms with van der Waals surface area (Å²) in [5, 5.41) is 7.48. The molecule has 0 aliphatic carbocycles. The Hall–Kier alpha value is -3.41. The van der Waals surface area contributed by atoms with Crippen LogP contribution in [-0.2, 0) is 11.2 Å². The Balaban J connectivity index is 1.61. The first-order valence-corrected chi connectivity index (χ1v) is 10.5. The molecule has 154 valence electrons. The maximum absolute atomic E-state index is 13.0. The van der Waals surface area contributed by atoms with E-state index in [0.29, 0.717) is 11.3 Å². The summed E-state index contributed by atoms with van der Waals surface area (Å²) in [4.78, 5) is 27.1. The number of hydrogen-bond acceptors (Lipinski definition) is 3. The molecule has 0 radical (unpaired) electrons. The molecule has 1 aromatic heterocycles. The number of aryl methyl sites for hydroxylation is 1. The minimum Gasteiger partial charge on any atom is -0.343 e. The molecule has 1 aliphatic rings. The summed E-state index contributed by atoms with van der Waals surface area (Å²) < 4.78 is 1.71. The molecule has 0 saturated carbocycles. The first-order chi connectivity index (χ1) is 14.7. The SMILES string of the molecule is CCc1ccc(-c2nn(-c3ccccc3)cc2C(=O)NCC(=O)N2CCCC2)cc1. The van der Waals surface area contributed by atoms with Gasteiger partial charge in [0, 0.05) is 24.8 Å². The number of para-hydroxylation sites is 1. The van der Waals surface area contributed by atoms with Crippen LogP contribution in [0.5, 0.6) is 0 Å². The van der Waals surface area contributed by atoms with Crippen LogP contribution in [0.25, 0.3) is 16.9 Å². The van der Waals surface area contributed by atoms with E-state index in [1.54, 1.807) is 15.8 Å². The van der Waals surface area contributed by atoms with Crippen molar-refractivity contribution >= 4 is 11.8 Å². The third kappa shape index (κ3) is 4.27. The molecule has 2 amide bonds. The molecular formula is C24H26N4O2. The summed E-state index contributed by atoms with van der Waals surface area (Å²) in [6, 6.07) is 17.8. The average Bonchev–Trinajstić information content (AvgIpc) is 3.48. The lowest BCUT2D eigenvalue weighted by Gasteiger charge is -2.15. The molecule has 6 nitrogen and oxygen atoms in total. The molecule has 1 fully saturated rings. The number of likely N-dealkylation sites (tertiary alicyclic amines) is 1. The Morgan fingerprint density at radius 2 is 1.70 bits per heavy atom. The number of aromatic nitrogens is 2. The average molecular weight is 402 g/mol. The summed E-state index contributed by atoms with van der Waals surface area (Å²) in [5.41, 5.74) is 4.03. The van der Waals surface area contributed by atoms with Crippen molar-refractivity contribution < 1.29 is 9.59 Å². The van der Waals surface area contributed by atoms with Gasteiger partial charge in [-0.05, 0) is 37.0 Å². The van der Waals surface area contributed by atoms with Crippen LogP contribution in [0.1, 0.15) is 35.7 Å². The predicted molar refractivity (Wildman–Crippen MR) is 117 cm³/mol. The van der Waals surface area contributed by atoms with Crippen molar-refractivity contribution in [3.8, 4) is 16.9 Å². The van der Waals surface area contributed by atoms with Gasteiger partial charge in [0.1, 0.15) is 5.69 Å². The van der Waals surface area contributed by atoms with E-state index in [1.807, 2.05) is 42.5 Å². The lowest BCUT2D eigenvalue weighted by molar-refractivity contribution is -0.129. The minimum atomic E-state index is -0.292. The summed E-state index contributed by atoms with van der Waals surface area (Å²) in [6.07, 6.45) is 4.74. The molecule has 0 atom stereocenters. The maximum atomic E-state index is 13.0. The molecule has 3 aromatic rings. The van der Waals surface area contributed by atoms with Crippen molar-refractivity contribution in [1.82, 2.24) is 20.0 Å². The van der Waals surface area contributed by atoms with Gasteiger partial charge in [-0.1, -0.05) is 49.4 Å². The molecule has 0 bridgehead atoms. The highest BCUT2D eigenvalue weighted by molar-refractivity contribution is 6.01. The normalized spacial score (nSPS) is 13.4. The van der Waals surface area contributed by atoms with E-state index >= 15 is 0 Å². The lowest BCUT2D eigenvalue weighted by atomic mass is 10.0. The number of rotatable bonds is 6. The third-order valence-electron chi connectivity index (χ3n) is 5.47. The van der Waals surface area contributed by atoms with Crippen molar-refractivity contribution in [2.75, 3.05) is 19.6 Å². The van der Waals surface area contributed by atoms with E-state index in [1.165, 1.54) is 5.56 Å². The van der Waals surface area contributed by atoms with E-state index < -0.39 is 0 Å². The smallest absolute Gasteiger partial charge is 0.255 e. The minimum absolute atomic E-state index is 0.00353. The lowest BCUT2D eigenvalue weighted by Crippen LogP contribution is -2.38. The van der Waals surface area contributed by atoms with Crippen LogP contribution >= 0.6 is 0 Å². The van der Waals surface area contributed by atoms with Gasteiger partial charge in [0.05, 0.1) is 17.8 Å². The highest BCUT2D eigenvalue weighted by Crippen LogP contribution is 2.24. The zero-order valence-electron chi connectivity index (χ0n) is 17.2. The topological polar surface area (TPSA) is 67.2 Å². The summed E-state index contributed by atoms with van der Waals surface area (Å²) in [5.74, 6) is -0.329. The Kier molecular flexibility index (Phi) is 5.93. The van der Waals surface area contributed by atoms with Crippen molar-refractivity contribution in [2.45, 2.75) is 26.2 Å². The van der Waals surface area contributed by atoms with E-state index in [2.05, 4.69) is 24.4 Å². The fourth-order valence-electron chi connectivity index (χ4n) is 3.69. The Morgan fingerprint density at radius 3 is 2.37 bits per heavy atom. The molecular weight excluding hydrogens is 376 g/mol. The van der Waals surface area contributed by atoms with E-state index in [4.69, 9.17) is 5.10 Å². The highest BCUT2D eigenvalue weighted by atomic mass is 16.2. The van der Waals surface area contributed by atoms with Crippen LogP contribution in [0.2, 0.25) is 0 Å². The highest BCUT2D eigenvalue weighted by Gasteiger charge is 2.22. The second kappa shape index (κ2) is 8.95. The van der Waals surface area contributed by atoms with Crippen molar-refractivity contribution in [3.63, 3.8) is 0 Å². The van der Waals surface area contributed by atoms with Gasteiger partial charge in [-0.25, -0.2) is 4.68 Å². The van der Waals surface area contributed by atoms with Crippen molar-refractivity contribution in [2.24, 2.45) is 0 Å². The first-order valence-electron chi connectivity index (χ1n) is 10.5. The van der Waals surface area contributed by atoms with Gasteiger partial charge in [-0.3, -0.25) is 9.59 Å². The second-order valence-electron chi connectivity index (χ2n) is 7.49. The number of amides is 2. The maximum Gasteiger partial charge on any atom is 0.255 e. The summed E-state index contributed by atoms with van der Waals surface area (Å²) in [7, 11) is 0. The van der Waals surface area contributed by atoms with Crippen LogP contribution in [0.15, 0.2) is 60.8 Å². The number of nitrogens with one attached hydrogen (secondary N) is 1. The number of carbonyl (C=O) groups excluding carboxylic acids is 2. The molecule has 1 saturated heterocycles. The van der Waals surface area contributed by atoms with Crippen LogP contribution in [0, 0.1) is 0 Å². The standard InChI is InChI=1S/C24H26N4O2/c1-2-18-10-12-19(13-11-18)23-21(17-28(26-23)20-8-4-3-5-9-20)24(30)25-16-22(29)27-14-6-7-15-27/h3-5,8-13,17H,2,6-7,14-16H2,1H3,(H,25,30). The zero-order chi connectivity index (χ0) is 20.9. The van der Waals surface area contributed by atoms with Gasteiger partial charge in [0.2, 0.25) is 5.91 Å². The zero-order valence-corrected chi connectivity index (χ0v) is 17.2. The van der Waals surface area contributed by atoms with Gasteiger partial charge in [0.15, 0.2) is 0 Å². The van der Waals surface area contributed by atoms with E-state index in [9.17, 15) is 9.59 Å². The molecule has 0 spiro atoms. The van der Waals surface area contributed by atoms with Crippen molar-refractivity contribution in [3.05, 3.63) is 71.9 Å². The quantitative estimate of drug-likeness (QED) is 0.687. The van der Waals surface area contributed by atoms with E-state index in [-0.39, 0.29) is 18.4 Å². The molecule has 1 N–H and O–H groups in total. The molecule has 0 unspecified atom stereocenters. The fourth-order valence-corrected chi connectivity index (χ4v) is 3.69. The van der Waals surface area contributed by atoms with Gasteiger partial charge in [-0.2, -0.15) is 5.10 Å². The Bertz CT molecular complexity index is 1020. The largest absolute Gasteiger partial charge is 0.343 e. The summed E-state index contributed by atoms with van der Waals surface area (Å²) >= 11 is 0. The van der Waals surface area contributed by atoms with Crippen LogP contribution < -0.4 is 5.32 Å². The molecule has 6 heteroatoms. The number of carbonyl (C=O) groups is 2. The first kappa shape index (κ1) is 19.9. The van der Waals surface area contributed by atoms with Gasteiger partial charge < -0.3 is 10.2 Å². The van der Waals surface area contributed by atoms with E-state index in [0.717, 1.165) is 43.6 Å². The van der Waals surface area contributed by atoms with Gasteiger partial charge >= 0.3 is 0 Å². The third-order valence-corrected chi connectivity index (χ3v) is 5.47. The second-order valence-corrected chi connectivity index (χ2v) is 7.49. The number of hydrogen-bond donors (Lipinski definition) is 1. The number of nitrogens with zero attached hydrogens (tertiary/aromatic N) is 3. The molecule has 30 heavy (non-hydrogen) atoms. The Labute approximate surface area is 176 Å². The predicted octanol–water partition coefficient (Wildman–Crippen LogP) is 3.45. The molecule has 1 aliphatic heterocycles. The molecule has 2 heterocycles. The van der Waals surface area contributed by atoms with Gasteiger partial charge in [0.25, 0.3) is 5.91 Å². The molecule has 4 rings (SSSR count). The number of benzene rings is 2. The van der Waals surface area contributed by atoms with Crippen LogP contribution in [0.3, 0.4) is 0 Å². The summed E-state index contributed by atoms with van der Waals surface area (Å²) in [6.45, 7) is 3.66. The molecule has 2 aromatic carbocycles. The van der Waals surface area contributed by atoms with Crippen LogP contribution in [-0.4, -0.2) is 46.1 Å². The van der Waals surface area contributed by atoms with Gasteiger partial charge in [-0.15, -0.1) is 0 Å². The Morgan fingerprint density at radius 1 is 1.00 bits per heavy atom. The monoisotopic (exact) mass is 402 g/mol. The van der Waals surface area contributed by atoms with Crippen LogP contribution in [0.4, 0.5) is 0 Å². The fraction of sp³-hybridized carbons (Fsp3) is 0.292. The van der Waals surface area contributed by atoms with Crippen molar-refractivity contribution in [1.29, 1.82) is 0 Å².